The largest absolute Gasteiger partial charge is 0.492 e. The first kappa shape index (κ1) is 28.2. The highest BCUT2D eigenvalue weighted by Crippen LogP contribution is 2.23. The Bertz CT molecular complexity index is 1820. The van der Waals surface area contributed by atoms with Crippen LogP contribution in [0, 0.1) is 0 Å². The van der Waals surface area contributed by atoms with E-state index >= 15 is 0 Å². The molecular weight excluding hydrogens is 536 g/mol. The summed E-state index contributed by atoms with van der Waals surface area (Å²) >= 11 is 0. The summed E-state index contributed by atoms with van der Waals surface area (Å²) in [6.07, 6.45) is 2.09. The van der Waals surface area contributed by atoms with Crippen LogP contribution in [-0.4, -0.2) is 34.1 Å². The number of ether oxygens (including phenoxy) is 1. The van der Waals surface area contributed by atoms with Crippen molar-refractivity contribution in [1.82, 2.24) is 14.5 Å². The Balaban J connectivity index is 1.48. The molecule has 0 saturated carbocycles. The molecule has 0 unspecified atom stereocenters. The normalized spacial score (nSPS) is 10.9. The Morgan fingerprint density at radius 3 is 2.45 bits per heavy atom. The van der Waals surface area contributed by atoms with Crippen molar-refractivity contribution in [2.24, 2.45) is 0 Å². The van der Waals surface area contributed by atoms with Crippen LogP contribution in [0.5, 0.6) is 5.75 Å². The number of amides is 2. The minimum atomic E-state index is -0.709. The lowest BCUT2D eigenvalue weighted by Gasteiger charge is -2.16. The van der Waals surface area contributed by atoms with Crippen molar-refractivity contribution in [3.63, 3.8) is 0 Å². The summed E-state index contributed by atoms with van der Waals surface area (Å²) < 4.78 is 13.2. The molecule has 0 saturated heterocycles. The van der Waals surface area contributed by atoms with Crippen LogP contribution < -0.4 is 26.6 Å². The molecule has 0 fully saturated rings. The smallest absolute Gasteiger partial charge is 0.332 e. The van der Waals surface area contributed by atoms with Crippen LogP contribution in [0.3, 0.4) is 0 Å². The van der Waals surface area contributed by atoms with Crippen LogP contribution in [0.1, 0.15) is 28.6 Å². The van der Waals surface area contributed by atoms with E-state index in [9.17, 15) is 19.2 Å². The minimum absolute atomic E-state index is 0.114. The van der Waals surface area contributed by atoms with E-state index in [0.29, 0.717) is 36.8 Å². The maximum atomic E-state index is 13.7. The summed E-state index contributed by atoms with van der Waals surface area (Å²) in [7, 11) is 0. The van der Waals surface area contributed by atoms with Crippen LogP contribution in [0.25, 0.3) is 10.9 Å². The van der Waals surface area contributed by atoms with Crippen molar-refractivity contribution < 1.29 is 18.7 Å². The van der Waals surface area contributed by atoms with Crippen LogP contribution >= 0.6 is 0 Å². The molecule has 42 heavy (non-hydrogen) atoms. The zero-order valence-corrected chi connectivity index (χ0v) is 23.0. The van der Waals surface area contributed by atoms with Gasteiger partial charge in [-0.2, -0.15) is 0 Å². The van der Waals surface area contributed by atoms with Gasteiger partial charge in [0.2, 0.25) is 5.91 Å². The summed E-state index contributed by atoms with van der Waals surface area (Å²) in [6.45, 7) is 2.12. The molecule has 0 spiro atoms. The second-order valence-electron chi connectivity index (χ2n) is 9.54. The highest BCUT2D eigenvalue weighted by Gasteiger charge is 2.19. The van der Waals surface area contributed by atoms with Crippen molar-refractivity contribution in [3.8, 4) is 5.75 Å². The fourth-order valence-corrected chi connectivity index (χ4v) is 4.66. The number of fused-ring (bicyclic) bond motifs is 1. The van der Waals surface area contributed by atoms with Crippen molar-refractivity contribution in [2.75, 3.05) is 18.5 Å². The number of anilines is 1. The number of hydrogen-bond donors (Lipinski definition) is 2. The summed E-state index contributed by atoms with van der Waals surface area (Å²) in [5, 5.41) is 5.85. The first-order valence-electron chi connectivity index (χ1n) is 13.6. The maximum Gasteiger partial charge on any atom is 0.332 e. The van der Waals surface area contributed by atoms with Crippen molar-refractivity contribution in [2.45, 2.75) is 26.4 Å². The van der Waals surface area contributed by atoms with Crippen molar-refractivity contribution >= 4 is 28.4 Å². The summed E-state index contributed by atoms with van der Waals surface area (Å²) in [4.78, 5) is 53.3. The lowest BCUT2D eigenvalue weighted by atomic mass is 10.1. The Hall–Kier alpha value is -5.38. The van der Waals surface area contributed by atoms with Crippen LogP contribution in [0.4, 0.5) is 5.69 Å². The first-order chi connectivity index (χ1) is 20.4. The Morgan fingerprint density at radius 2 is 1.69 bits per heavy atom. The van der Waals surface area contributed by atoms with Gasteiger partial charge in [-0.3, -0.25) is 23.5 Å². The van der Waals surface area contributed by atoms with Gasteiger partial charge in [-0.15, -0.1) is 0 Å². The van der Waals surface area contributed by atoms with Crippen LogP contribution in [-0.2, 0) is 24.3 Å². The van der Waals surface area contributed by atoms with E-state index in [1.807, 2.05) is 37.3 Å². The predicted molar refractivity (Wildman–Crippen MR) is 159 cm³/mol. The molecule has 0 atom stereocenters. The molecule has 2 heterocycles. The van der Waals surface area contributed by atoms with E-state index in [1.54, 1.807) is 36.4 Å². The zero-order valence-electron chi connectivity index (χ0n) is 23.0. The third-order valence-electron chi connectivity index (χ3n) is 6.69. The van der Waals surface area contributed by atoms with Gasteiger partial charge in [0, 0.05) is 12.1 Å². The molecule has 10 heteroatoms. The lowest BCUT2D eigenvalue weighted by molar-refractivity contribution is -0.116. The zero-order chi connectivity index (χ0) is 29.5. The second kappa shape index (κ2) is 12.9. The number of para-hydroxylation sites is 2. The van der Waals surface area contributed by atoms with E-state index < -0.39 is 23.7 Å². The van der Waals surface area contributed by atoms with E-state index in [1.165, 1.54) is 29.0 Å². The topological polar surface area (TPSA) is 125 Å². The molecule has 3 aromatic carbocycles. The molecule has 2 N–H and O–H groups in total. The van der Waals surface area contributed by atoms with Gasteiger partial charge in [0.1, 0.15) is 18.1 Å². The summed E-state index contributed by atoms with van der Waals surface area (Å²) in [5.41, 5.74) is 0.696. The van der Waals surface area contributed by atoms with Gasteiger partial charge in [-0.1, -0.05) is 42.5 Å². The number of aromatic nitrogens is 2. The molecule has 0 radical (unpaired) electrons. The quantitative estimate of drug-likeness (QED) is 0.251. The molecule has 0 aliphatic rings. The van der Waals surface area contributed by atoms with E-state index in [2.05, 4.69) is 10.6 Å². The fourth-order valence-electron chi connectivity index (χ4n) is 4.66. The molecule has 0 aliphatic carbocycles. The Morgan fingerprint density at radius 1 is 0.905 bits per heavy atom. The monoisotopic (exact) mass is 566 g/mol. The third-order valence-corrected chi connectivity index (χ3v) is 6.69. The second-order valence-corrected chi connectivity index (χ2v) is 9.54. The van der Waals surface area contributed by atoms with Gasteiger partial charge in [-0.25, -0.2) is 4.79 Å². The first-order valence-corrected chi connectivity index (χ1v) is 13.6. The molecule has 214 valence electrons. The number of benzene rings is 3. The van der Waals surface area contributed by atoms with E-state index in [0.717, 1.165) is 10.1 Å². The highest BCUT2D eigenvalue weighted by molar-refractivity contribution is 5.98. The Labute approximate surface area is 241 Å². The molecule has 2 amide bonds. The highest BCUT2D eigenvalue weighted by atomic mass is 16.5. The molecule has 2 aromatic heterocycles. The van der Waals surface area contributed by atoms with Gasteiger partial charge in [0.25, 0.3) is 11.5 Å². The number of rotatable bonds is 11. The summed E-state index contributed by atoms with van der Waals surface area (Å²) in [5.74, 6) is 0.0283. The van der Waals surface area contributed by atoms with Gasteiger partial charge < -0.3 is 19.8 Å². The van der Waals surface area contributed by atoms with Gasteiger partial charge in [0.15, 0.2) is 0 Å². The van der Waals surface area contributed by atoms with E-state index in [-0.39, 0.29) is 28.9 Å². The molecule has 5 rings (SSSR count). The SMILES string of the molecule is CCOc1ccccc1NC(=O)Cn1c(=O)n(Cc2ccco2)c(=O)c2ccc(C(=O)NCCc3ccccc3)cc21. The average Bonchev–Trinajstić information content (AvgIpc) is 3.52. The number of carbonyl (C=O) groups is 2. The predicted octanol–water partition coefficient (Wildman–Crippen LogP) is 3.81. The Kier molecular flexibility index (Phi) is 8.62. The number of furan rings is 1. The molecular formula is C32H30N4O6. The van der Waals surface area contributed by atoms with Gasteiger partial charge in [-0.05, 0) is 61.4 Å². The molecule has 0 bridgehead atoms. The molecule has 10 nitrogen and oxygen atoms in total. The van der Waals surface area contributed by atoms with E-state index in [4.69, 9.17) is 9.15 Å². The lowest BCUT2D eigenvalue weighted by Crippen LogP contribution is -2.42. The molecule has 0 aliphatic heterocycles. The van der Waals surface area contributed by atoms with Crippen LogP contribution in [0.15, 0.2) is 105 Å². The molecule has 5 aromatic rings. The van der Waals surface area contributed by atoms with Crippen molar-refractivity contribution in [1.29, 1.82) is 0 Å². The summed E-state index contributed by atoms with van der Waals surface area (Å²) in [6, 6.07) is 24.5. The standard InChI is InChI=1S/C32H30N4O6/c1-2-41-28-13-7-6-12-26(28)34-29(37)21-35-27-19-23(30(38)33-17-16-22-9-4-3-5-10-22)14-15-25(27)31(39)36(32(35)40)20-24-11-8-18-42-24/h3-15,18-19H,2,16-17,20-21H2,1H3,(H,33,38)(H,34,37). The maximum absolute atomic E-state index is 13.7. The number of nitrogens with zero attached hydrogens (tertiary/aromatic N) is 2. The number of nitrogens with one attached hydrogen (secondary N) is 2. The van der Waals surface area contributed by atoms with Gasteiger partial charge >= 0.3 is 5.69 Å². The third kappa shape index (κ3) is 6.33. The minimum Gasteiger partial charge on any atom is -0.492 e. The van der Waals surface area contributed by atoms with Crippen LogP contribution in [0.2, 0.25) is 0 Å². The van der Waals surface area contributed by atoms with Crippen molar-refractivity contribution in [3.05, 3.63) is 129 Å². The average molecular weight is 567 g/mol. The van der Waals surface area contributed by atoms with Gasteiger partial charge in [0.05, 0.1) is 36.0 Å². The number of carbonyl (C=O) groups excluding carboxylic acids is 2. The fraction of sp³-hybridized carbons (Fsp3) is 0.188. The number of hydrogen-bond acceptors (Lipinski definition) is 6.